The Balaban J connectivity index is 0.989. The van der Waals surface area contributed by atoms with Crippen molar-refractivity contribution in [3.05, 3.63) is 194 Å². The topological polar surface area (TPSA) is 69.9 Å². The number of para-hydroxylation sites is 1. The van der Waals surface area contributed by atoms with Crippen molar-refractivity contribution in [1.82, 2.24) is 19.5 Å². The van der Waals surface area contributed by atoms with Gasteiger partial charge in [-0.15, -0.1) is 0 Å². The molecule has 14 rings (SSSR count). The molecular formula is C57H32N4O2. The standard InChI is InChI=1S/C57H32N4O2/c1-2-13-34(14-3-1)55-58-56(37-24-27-51-44(29-37)41-19-10-11-21-50(41)62-51)60-57(59-55)38-22-25-42-45-32-49(40-18-8-9-20-43(40)54(45)63-52(42)31-38)61-47-26-23-33-12-6-7-17-39(33)53(47)46-28-35-15-4-5-16-36(35)30-48(46)61/h1-32H. The molecule has 63 heavy (non-hydrogen) atoms. The maximum absolute atomic E-state index is 6.91. The van der Waals surface area contributed by atoms with Crippen LogP contribution in [-0.4, -0.2) is 19.5 Å². The summed E-state index contributed by atoms with van der Waals surface area (Å²) < 4.78 is 15.5. The molecule has 0 fully saturated rings. The molecular weight excluding hydrogens is 773 g/mol. The summed E-state index contributed by atoms with van der Waals surface area (Å²) in [7, 11) is 0. The normalized spacial score (nSPS) is 12.1. The molecule has 14 aromatic rings. The van der Waals surface area contributed by atoms with Crippen molar-refractivity contribution >= 4 is 98.0 Å². The second-order valence-electron chi connectivity index (χ2n) is 16.3. The van der Waals surface area contributed by atoms with Crippen LogP contribution in [0.4, 0.5) is 0 Å². The van der Waals surface area contributed by atoms with Crippen molar-refractivity contribution in [1.29, 1.82) is 0 Å². The lowest BCUT2D eigenvalue weighted by Crippen LogP contribution is -2.00. The zero-order valence-corrected chi connectivity index (χ0v) is 33.6. The summed E-state index contributed by atoms with van der Waals surface area (Å²) in [6.07, 6.45) is 0. The molecule has 0 unspecified atom stereocenters. The number of nitrogens with zero attached hydrogens (tertiary/aromatic N) is 4. The van der Waals surface area contributed by atoms with Crippen molar-refractivity contribution in [2.24, 2.45) is 0 Å². The van der Waals surface area contributed by atoms with E-state index in [1.807, 2.05) is 60.7 Å². The minimum Gasteiger partial charge on any atom is -0.456 e. The fourth-order valence-corrected chi connectivity index (χ4v) is 9.85. The summed E-state index contributed by atoms with van der Waals surface area (Å²) in [5.41, 5.74) is 9.34. The number of fused-ring (bicyclic) bond motifs is 14. The van der Waals surface area contributed by atoms with E-state index < -0.39 is 0 Å². The molecule has 4 heterocycles. The molecule has 0 saturated carbocycles. The molecule has 6 heteroatoms. The van der Waals surface area contributed by atoms with Gasteiger partial charge in [-0.1, -0.05) is 133 Å². The predicted octanol–water partition coefficient (Wildman–Crippen LogP) is 15.2. The van der Waals surface area contributed by atoms with Gasteiger partial charge in [0.25, 0.3) is 0 Å². The molecule has 6 nitrogen and oxygen atoms in total. The summed E-state index contributed by atoms with van der Waals surface area (Å²) >= 11 is 0. The van der Waals surface area contributed by atoms with Gasteiger partial charge >= 0.3 is 0 Å². The minimum absolute atomic E-state index is 0.564. The molecule has 0 amide bonds. The smallest absolute Gasteiger partial charge is 0.164 e. The number of aromatic nitrogens is 4. The second kappa shape index (κ2) is 12.9. The van der Waals surface area contributed by atoms with E-state index in [-0.39, 0.29) is 0 Å². The first-order valence-corrected chi connectivity index (χ1v) is 21.2. The van der Waals surface area contributed by atoms with Crippen molar-refractivity contribution < 1.29 is 8.83 Å². The molecule has 0 saturated heterocycles. The van der Waals surface area contributed by atoms with Crippen LogP contribution in [0.25, 0.3) is 138 Å². The average molecular weight is 805 g/mol. The number of rotatable bonds is 4. The van der Waals surface area contributed by atoms with Gasteiger partial charge in [0, 0.05) is 59.8 Å². The minimum atomic E-state index is 0.564. The number of furan rings is 2. The Bertz CT molecular complexity index is 4220. The van der Waals surface area contributed by atoms with E-state index in [2.05, 4.69) is 138 Å². The lowest BCUT2D eigenvalue weighted by Gasteiger charge is -2.13. The highest BCUT2D eigenvalue weighted by molar-refractivity contribution is 6.25. The van der Waals surface area contributed by atoms with Crippen molar-refractivity contribution in [2.75, 3.05) is 0 Å². The van der Waals surface area contributed by atoms with Gasteiger partial charge in [0.1, 0.15) is 22.3 Å². The van der Waals surface area contributed by atoms with E-state index >= 15 is 0 Å². The van der Waals surface area contributed by atoms with Gasteiger partial charge in [0.2, 0.25) is 0 Å². The van der Waals surface area contributed by atoms with Crippen molar-refractivity contribution in [3.8, 4) is 39.9 Å². The second-order valence-corrected chi connectivity index (χ2v) is 16.3. The van der Waals surface area contributed by atoms with Crippen LogP contribution in [0.2, 0.25) is 0 Å². The summed E-state index contributed by atoms with van der Waals surface area (Å²) in [6, 6.07) is 68.1. The Morgan fingerprint density at radius 2 is 0.937 bits per heavy atom. The first-order chi connectivity index (χ1) is 31.2. The quantitative estimate of drug-likeness (QED) is 0.177. The highest BCUT2D eigenvalue weighted by Gasteiger charge is 2.22. The van der Waals surface area contributed by atoms with Crippen LogP contribution in [-0.2, 0) is 0 Å². The molecule has 0 aliphatic heterocycles. The van der Waals surface area contributed by atoms with E-state index in [1.165, 1.54) is 43.4 Å². The van der Waals surface area contributed by atoms with E-state index in [4.69, 9.17) is 23.8 Å². The van der Waals surface area contributed by atoms with E-state index in [1.54, 1.807) is 0 Å². The van der Waals surface area contributed by atoms with E-state index in [0.717, 1.165) is 77.0 Å². The summed E-state index contributed by atoms with van der Waals surface area (Å²) in [5.74, 6) is 1.74. The van der Waals surface area contributed by atoms with Gasteiger partial charge in [0.05, 0.1) is 16.7 Å². The molecule has 0 radical (unpaired) electrons. The third-order valence-corrected chi connectivity index (χ3v) is 12.8. The van der Waals surface area contributed by atoms with Gasteiger partial charge in [0.15, 0.2) is 17.5 Å². The number of benzene rings is 10. The molecule has 292 valence electrons. The van der Waals surface area contributed by atoms with Gasteiger partial charge < -0.3 is 13.4 Å². The van der Waals surface area contributed by atoms with Crippen molar-refractivity contribution in [2.45, 2.75) is 0 Å². The Labute approximate surface area is 358 Å². The molecule has 0 aliphatic rings. The fourth-order valence-electron chi connectivity index (χ4n) is 9.85. The van der Waals surface area contributed by atoms with Gasteiger partial charge in [-0.3, -0.25) is 0 Å². The molecule has 10 aromatic carbocycles. The van der Waals surface area contributed by atoms with E-state index in [9.17, 15) is 0 Å². The molecule has 0 spiro atoms. The SMILES string of the molecule is c1ccc(-c2nc(-c3ccc4c(c3)oc3c5ccccc5c(-n5c6cc7ccccc7cc6c6c7ccccc7ccc65)cc43)nc(-c3ccc4oc5ccccc5c4c3)n2)cc1. The maximum Gasteiger partial charge on any atom is 0.164 e. The van der Waals surface area contributed by atoms with Crippen LogP contribution in [0.5, 0.6) is 0 Å². The highest BCUT2D eigenvalue weighted by Crippen LogP contribution is 2.44. The molecule has 0 N–H and O–H groups in total. The van der Waals surface area contributed by atoms with Crippen LogP contribution in [0.1, 0.15) is 0 Å². The summed E-state index contributed by atoms with van der Waals surface area (Å²) in [5, 5.41) is 13.7. The maximum atomic E-state index is 6.91. The van der Waals surface area contributed by atoms with Crippen LogP contribution in [0, 0.1) is 0 Å². The molecule has 0 atom stereocenters. The lowest BCUT2D eigenvalue weighted by molar-refractivity contribution is 0.669. The van der Waals surface area contributed by atoms with Crippen LogP contribution in [0.3, 0.4) is 0 Å². The van der Waals surface area contributed by atoms with Gasteiger partial charge in [-0.2, -0.15) is 0 Å². The van der Waals surface area contributed by atoms with Crippen molar-refractivity contribution in [3.63, 3.8) is 0 Å². The monoisotopic (exact) mass is 804 g/mol. The Hall–Kier alpha value is -8.61. The number of hydrogen-bond acceptors (Lipinski definition) is 5. The lowest BCUT2D eigenvalue weighted by atomic mass is 10.0. The van der Waals surface area contributed by atoms with Crippen LogP contribution in [0.15, 0.2) is 203 Å². The van der Waals surface area contributed by atoms with Crippen LogP contribution >= 0.6 is 0 Å². The zero-order valence-electron chi connectivity index (χ0n) is 33.6. The largest absolute Gasteiger partial charge is 0.456 e. The Kier molecular flexibility index (Phi) is 7.02. The zero-order chi connectivity index (χ0) is 41.2. The third kappa shape index (κ3) is 5.09. The predicted molar refractivity (Wildman–Crippen MR) is 258 cm³/mol. The summed E-state index contributed by atoms with van der Waals surface area (Å²) in [4.78, 5) is 15.2. The average Bonchev–Trinajstić information content (AvgIpc) is 4.02. The van der Waals surface area contributed by atoms with Gasteiger partial charge in [-0.25, -0.2) is 15.0 Å². The van der Waals surface area contributed by atoms with E-state index in [0.29, 0.717) is 17.5 Å². The first-order valence-electron chi connectivity index (χ1n) is 21.2. The summed E-state index contributed by atoms with van der Waals surface area (Å²) in [6.45, 7) is 0. The Morgan fingerprint density at radius 1 is 0.317 bits per heavy atom. The fraction of sp³-hybridized carbons (Fsp3) is 0. The Morgan fingerprint density at radius 3 is 1.76 bits per heavy atom. The third-order valence-electron chi connectivity index (χ3n) is 12.8. The highest BCUT2D eigenvalue weighted by atomic mass is 16.3. The molecule has 4 aromatic heterocycles. The molecule has 0 bridgehead atoms. The van der Waals surface area contributed by atoms with Gasteiger partial charge in [-0.05, 0) is 82.2 Å². The number of hydrogen-bond donors (Lipinski definition) is 0. The molecule has 0 aliphatic carbocycles. The van der Waals surface area contributed by atoms with Crippen LogP contribution < -0.4 is 0 Å². The first kappa shape index (κ1) is 34.1.